The lowest BCUT2D eigenvalue weighted by Crippen LogP contribution is -2.24. The van der Waals surface area contributed by atoms with Crippen molar-refractivity contribution in [1.29, 1.82) is 0 Å². The fourth-order valence-electron chi connectivity index (χ4n) is 1.77. The third kappa shape index (κ3) is 3.92. The number of nitrogens with two attached hydrogens (primary N) is 1. The number of nitrogens with one attached hydrogen (secondary N) is 1. The van der Waals surface area contributed by atoms with Gasteiger partial charge in [0.1, 0.15) is 0 Å². The number of hydrogen-bond acceptors (Lipinski definition) is 4. The Kier molecular flexibility index (Phi) is 5.19. The summed E-state index contributed by atoms with van der Waals surface area (Å²) in [4.78, 5) is 2.85. The van der Waals surface area contributed by atoms with Crippen LogP contribution in [0.25, 0.3) is 0 Å². The minimum absolute atomic E-state index is 0.431. The highest BCUT2D eigenvalue weighted by molar-refractivity contribution is 7.10. The lowest BCUT2D eigenvalue weighted by Gasteiger charge is -2.16. The molecule has 2 nitrogen and oxygen atoms in total. The fraction of sp³-hybridized carbons (Fsp3) is 0.385. The highest BCUT2D eigenvalue weighted by atomic mass is 32.1. The quantitative estimate of drug-likeness (QED) is 0.756. The van der Waals surface area contributed by atoms with E-state index in [1.165, 1.54) is 9.75 Å². The molecule has 2 aromatic rings. The van der Waals surface area contributed by atoms with Gasteiger partial charge in [0.15, 0.2) is 0 Å². The first-order chi connectivity index (χ1) is 8.40. The Labute approximate surface area is 110 Å². The monoisotopic (exact) mass is 266 g/mol. The number of thiophene rings is 2. The largest absolute Gasteiger partial charge is 0.330 e. The molecular formula is C13H18N2S2. The first-order valence-electron chi connectivity index (χ1n) is 5.89. The molecule has 0 fully saturated rings. The Morgan fingerprint density at radius 1 is 1.18 bits per heavy atom. The molecule has 0 saturated heterocycles. The van der Waals surface area contributed by atoms with Crippen molar-refractivity contribution in [2.45, 2.75) is 18.9 Å². The van der Waals surface area contributed by atoms with Gasteiger partial charge in [-0.25, -0.2) is 0 Å². The standard InChI is InChI=1S/C13H18N2S2/c14-6-3-7-15-12(13-5-2-9-17-13)10-11-4-1-8-16-11/h1-2,4-5,8-9,12,15H,3,6-7,10,14H2. The Morgan fingerprint density at radius 3 is 2.65 bits per heavy atom. The van der Waals surface area contributed by atoms with E-state index in [0.29, 0.717) is 6.04 Å². The maximum Gasteiger partial charge on any atom is 0.0463 e. The lowest BCUT2D eigenvalue weighted by atomic mass is 10.1. The molecule has 0 aliphatic rings. The van der Waals surface area contributed by atoms with Crippen molar-refractivity contribution in [3.63, 3.8) is 0 Å². The van der Waals surface area contributed by atoms with Crippen LogP contribution in [-0.4, -0.2) is 13.1 Å². The van der Waals surface area contributed by atoms with E-state index in [2.05, 4.69) is 40.3 Å². The van der Waals surface area contributed by atoms with Crippen LogP contribution in [0.5, 0.6) is 0 Å². The van der Waals surface area contributed by atoms with Crippen LogP contribution in [0.2, 0.25) is 0 Å². The molecule has 0 spiro atoms. The van der Waals surface area contributed by atoms with Crippen molar-refractivity contribution in [2.75, 3.05) is 13.1 Å². The van der Waals surface area contributed by atoms with Gasteiger partial charge < -0.3 is 11.1 Å². The SMILES string of the molecule is NCCCNC(Cc1cccs1)c1cccs1. The summed E-state index contributed by atoms with van der Waals surface area (Å²) in [6.45, 7) is 1.74. The molecule has 0 bridgehead atoms. The molecule has 3 N–H and O–H groups in total. The first-order valence-corrected chi connectivity index (χ1v) is 7.65. The maximum absolute atomic E-state index is 5.53. The molecule has 4 heteroatoms. The van der Waals surface area contributed by atoms with Gasteiger partial charge in [-0.3, -0.25) is 0 Å². The van der Waals surface area contributed by atoms with Gasteiger partial charge in [0.25, 0.3) is 0 Å². The van der Waals surface area contributed by atoms with Gasteiger partial charge in [0, 0.05) is 22.2 Å². The Balaban J connectivity index is 1.97. The van der Waals surface area contributed by atoms with Gasteiger partial charge in [-0.15, -0.1) is 22.7 Å². The predicted octanol–water partition coefficient (Wildman–Crippen LogP) is 3.03. The summed E-state index contributed by atoms with van der Waals surface area (Å²) < 4.78 is 0. The molecule has 2 aromatic heterocycles. The van der Waals surface area contributed by atoms with Crippen LogP contribution in [0.3, 0.4) is 0 Å². The summed E-state index contributed by atoms with van der Waals surface area (Å²) >= 11 is 3.65. The molecule has 0 radical (unpaired) electrons. The Bertz CT molecular complexity index is 395. The van der Waals surface area contributed by atoms with Gasteiger partial charge in [-0.2, -0.15) is 0 Å². The topological polar surface area (TPSA) is 38.0 Å². The summed E-state index contributed by atoms with van der Waals surface area (Å²) in [5.74, 6) is 0. The molecule has 0 aliphatic heterocycles. The van der Waals surface area contributed by atoms with Crippen LogP contribution in [0, 0.1) is 0 Å². The molecule has 92 valence electrons. The van der Waals surface area contributed by atoms with Crippen LogP contribution in [0.1, 0.15) is 22.2 Å². The predicted molar refractivity (Wildman–Crippen MR) is 76.8 cm³/mol. The highest BCUT2D eigenvalue weighted by Crippen LogP contribution is 2.24. The highest BCUT2D eigenvalue weighted by Gasteiger charge is 2.12. The minimum atomic E-state index is 0.431. The van der Waals surface area contributed by atoms with Crippen molar-refractivity contribution in [3.05, 3.63) is 44.8 Å². The van der Waals surface area contributed by atoms with Crippen molar-refractivity contribution in [2.24, 2.45) is 5.73 Å². The molecule has 0 amide bonds. The van der Waals surface area contributed by atoms with Crippen LogP contribution < -0.4 is 11.1 Å². The van der Waals surface area contributed by atoms with E-state index in [1.54, 1.807) is 0 Å². The zero-order valence-electron chi connectivity index (χ0n) is 9.76. The van der Waals surface area contributed by atoms with Crippen LogP contribution in [-0.2, 0) is 6.42 Å². The van der Waals surface area contributed by atoms with Gasteiger partial charge in [-0.1, -0.05) is 12.1 Å². The smallest absolute Gasteiger partial charge is 0.0463 e. The molecule has 1 atom stereocenters. The average molecular weight is 266 g/mol. The molecule has 17 heavy (non-hydrogen) atoms. The van der Waals surface area contributed by atoms with Crippen LogP contribution in [0.15, 0.2) is 35.0 Å². The van der Waals surface area contributed by atoms with Crippen LogP contribution >= 0.6 is 22.7 Å². The second kappa shape index (κ2) is 6.91. The molecule has 0 saturated carbocycles. The molecule has 0 aromatic carbocycles. The van der Waals surface area contributed by atoms with Crippen molar-refractivity contribution < 1.29 is 0 Å². The van der Waals surface area contributed by atoms with Gasteiger partial charge in [0.2, 0.25) is 0 Å². The van der Waals surface area contributed by atoms with Crippen molar-refractivity contribution in [1.82, 2.24) is 5.32 Å². The molecule has 2 heterocycles. The first kappa shape index (κ1) is 12.8. The summed E-state index contributed by atoms with van der Waals surface area (Å²) in [6.07, 6.45) is 2.11. The zero-order chi connectivity index (χ0) is 11.9. The number of rotatable bonds is 7. The summed E-state index contributed by atoms with van der Waals surface area (Å²) in [5, 5.41) is 7.88. The van der Waals surface area contributed by atoms with E-state index in [9.17, 15) is 0 Å². The molecular weight excluding hydrogens is 248 g/mol. The number of hydrogen-bond donors (Lipinski definition) is 2. The van der Waals surface area contributed by atoms with E-state index < -0.39 is 0 Å². The van der Waals surface area contributed by atoms with E-state index in [4.69, 9.17) is 5.73 Å². The van der Waals surface area contributed by atoms with Gasteiger partial charge in [0.05, 0.1) is 0 Å². The van der Waals surface area contributed by atoms with E-state index in [1.807, 2.05) is 22.7 Å². The summed E-state index contributed by atoms with van der Waals surface area (Å²) in [7, 11) is 0. The fourth-order valence-corrected chi connectivity index (χ4v) is 3.33. The minimum Gasteiger partial charge on any atom is -0.330 e. The molecule has 0 aliphatic carbocycles. The summed E-state index contributed by atoms with van der Waals surface area (Å²) in [6, 6.07) is 9.08. The van der Waals surface area contributed by atoms with E-state index >= 15 is 0 Å². The maximum atomic E-state index is 5.53. The average Bonchev–Trinajstić information content (AvgIpc) is 3.01. The van der Waals surface area contributed by atoms with Gasteiger partial charge in [-0.05, 0) is 42.4 Å². The van der Waals surface area contributed by atoms with E-state index in [0.717, 1.165) is 25.9 Å². The molecule has 2 rings (SSSR count). The Morgan fingerprint density at radius 2 is 2.00 bits per heavy atom. The second-order valence-corrected chi connectivity index (χ2v) is 5.96. The van der Waals surface area contributed by atoms with Gasteiger partial charge >= 0.3 is 0 Å². The van der Waals surface area contributed by atoms with E-state index in [-0.39, 0.29) is 0 Å². The lowest BCUT2D eigenvalue weighted by molar-refractivity contribution is 0.533. The summed E-state index contributed by atoms with van der Waals surface area (Å²) in [5.41, 5.74) is 5.53. The molecule has 1 unspecified atom stereocenters. The van der Waals surface area contributed by atoms with Crippen molar-refractivity contribution >= 4 is 22.7 Å². The van der Waals surface area contributed by atoms with Crippen LogP contribution in [0.4, 0.5) is 0 Å². The Hall–Kier alpha value is -0.680. The zero-order valence-corrected chi connectivity index (χ0v) is 11.4. The van der Waals surface area contributed by atoms with Crippen molar-refractivity contribution in [3.8, 4) is 0 Å². The third-order valence-electron chi connectivity index (χ3n) is 2.64. The normalized spacial score (nSPS) is 12.8. The third-order valence-corrected chi connectivity index (χ3v) is 4.53. The second-order valence-electron chi connectivity index (χ2n) is 3.95.